The SMILES string of the molecule is CCOC(=O)C1=C(C)N=C2NC(C)=C(C(=O)OC)C3CC[C@H]1N23. The molecule has 1 N–H and O–H groups in total. The molecular weight excluding hydrogens is 298 g/mol. The van der Waals surface area contributed by atoms with Gasteiger partial charge in [0, 0.05) is 5.70 Å². The van der Waals surface area contributed by atoms with Crippen LogP contribution in [-0.2, 0) is 19.1 Å². The molecular formula is C16H21N3O4. The first kappa shape index (κ1) is 15.6. The molecule has 0 aromatic heterocycles. The number of hydrogen-bond donors (Lipinski definition) is 1. The fraction of sp³-hybridized carbons (Fsp3) is 0.562. The number of nitrogens with zero attached hydrogens (tertiary/aromatic N) is 2. The van der Waals surface area contributed by atoms with Crippen molar-refractivity contribution in [2.24, 2.45) is 4.99 Å². The van der Waals surface area contributed by atoms with Crippen molar-refractivity contribution in [3.8, 4) is 0 Å². The molecule has 3 heterocycles. The van der Waals surface area contributed by atoms with E-state index in [4.69, 9.17) is 9.47 Å². The molecule has 7 nitrogen and oxygen atoms in total. The lowest BCUT2D eigenvalue weighted by atomic mass is 10.0. The highest BCUT2D eigenvalue weighted by atomic mass is 16.5. The standard InChI is InChI=1S/C16H21N3O4/c1-5-23-15(21)13-9(3)18-16-17-8(2)12(14(20)22-4)10-6-7-11(13)19(10)16/h10-11H,5-7H2,1-4H3,(H,17,18)/t10?,11-/m1/s1. The Morgan fingerprint density at radius 2 is 1.87 bits per heavy atom. The molecule has 7 heteroatoms. The Morgan fingerprint density at radius 3 is 2.48 bits per heavy atom. The Balaban J connectivity index is 2.03. The molecule has 3 aliphatic heterocycles. The van der Waals surface area contributed by atoms with Crippen molar-refractivity contribution in [3.63, 3.8) is 0 Å². The molecule has 3 rings (SSSR count). The monoisotopic (exact) mass is 319 g/mol. The maximum absolute atomic E-state index is 12.3. The van der Waals surface area contributed by atoms with Crippen LogP contribution in [0.25, 0.3) is 0 Å². The molecule has 0 aliphatic carbocycles. The van der Waals surface area contributed by atoms with Gasteiger partial charge in [-0.15, -0.1) is 0 Å². The number of allylic oxidation sites excluding steroid dienone is 2. The number of hydrogen-bond acceptors (Lipinski definition) is 7. The van der Waals surface area contributed by atoms with E-state index in [9.17, 15) is 9.59 Å². The zero-order chi connectivity index (χ0) is 16.7. The second-order valence-corrected chi connectivity index (χ2v) is 5.83. The first-order valence-electron chi connectivity index (χ1n) is 7.80. The number of ether oxygens (including phenoxy) is 2. The lowest BCUT2D eigenvalue weighted by Crippen LogP contribution is -2.56. The van der Waals surface area contributed by atoms with E-state index in [1.54, 1.807) is 6.92 Å². The summed E-state index contributed by atoms with van der Waals surface area (Å²) in [4.78, 5) is 31.0. The Morgan fingerprint density at radius 1 is 1.22 bits per heavy atom. The average Bonchev–Trinajstić information content (AvgIpc) is 2.92. The van der Waals surface area contributed by atoms with Gasteiger partial charge in [0.2, 0.25) is 5.96 Å². The summed E-state index contributed by atoms with van der Waals surface area (Å²) in [6, 6.07) is -0.239. The first-order valence-corrected chi connectivity index (χ1v) is 7.80. The molecule has 1 unspecified atom stereocenters. The van der Waals surface area contributed by atoms with Crippen LogP contribution in [0.5, 0.6) is 0 Å². The molecule has 0 spiro atoms. The number of nitrogens with one attached hydrogen (secondary N) is 1. The molecule has 0 amide bonds. The second-order valence-electron chi connectivity index (χ2n) is 5.83. The highest BCUT2D eigenvalue weighted by Gasteiger charge is 2.48. The molecule has 1 fully saturated rings. The summed E-state index contributed by atoms with van der Waals surface area (Å²) in [7, 11) is 1.38. The molecule has 124 valence electrons. The maximum atomic E-state index is 12.3. The minimum absolute atomic E-state index is 0.119. The average molecular weight is 319 g/mol. The Labute approximate surface area is 135 Å². The van der Waals surface area contributed by atoms with E-state index in [0.717, 1.165) is 18.5 Å². The molecule has 23 heavy (non-hydrogen) atoms. The summed E-state index contributed by atoms with van der Waals surface area (Å²) in [5.74, 6) is 0.0150. The topological polar surface area (TPSA) is 80.2 Å². The number of esters is 2. The highest BCUT2D eigenvalue weighted by molar-refractivity contribution is 6.00. The number of carbonyl (C=O) groups is 2. The van der Waals surface area contributed by atoms with E-state index < -0.39 is 0 Å². The van der Waals surface area contributed by atoms with Gasteiger partial charge in [-0.3, -0.25) is 0 Å². The number of rotatable bonds is 3. The molecule has 1 saturated heterocycles. The largest absolute Gasteiger partial charge is 0.466 e. The van der Waals surface area contributed by atoms with Gasteiger partial charge in [-0.25, -0.2) is 14.6 Å². The highest BCUT2D eigenvalue weighted by Crippen LogP contribution is 2.40. The Bertz CT molecular complexity index is 662. The molecule has 0 saturated carbocycles. The summed E-state index contributed by atoms with van der Waals surface area (Å²) < 4.78 is 10.1. The zero-order valence-corrected chi connectivity index (χ0v) is 13.8. The predicted molar refractivity (Wildman–Crippen MR) is 83.3 cm³/mol. The molecule has 0 radical (unpaired) electrons. The third kappa shape index (κ3) is 2.31. The van der Waals surface area contributed by atoms with Crippen LogP contribution in [0.4, 0.5) is 0 Å². The second kappa shape index (κ2) is 5.72. The van der Waals surface area contributed by atoms with Gasteiger partial charge >= 0.3 is 11.9 Å². The van der Waals surface area contributed by atoms with E-state index in [2.05, 4.69) is 10.3 Å². The van der Waals surface area contributed by atoms with E-state index in [1.165, 1.54) is 7.11 Å². The third-order valence-corrected chi connectivity index (χ3v) is 4.56. The lowest BCUT2D eigenvalue weighted by molar-refractivity contribution is -0.139. The molecule has 2 atom stereocenters. The first-order chi connectivity index (χ1) is 11.0. The van der Waals surface area contributed by atoms with Gasteiger partial charge in [-0.1, -0.05) is 0 Å². The minimum Gasteiger partial charge on any atom is -0.466 e. The predicted octanol–water partition coefficient (Wildman–Crippen LogP) is 1.08. The summed E-state index contributed by atoms with van der Waals surface area (Å²) in [5.41, 5.74) is 2.62. The van der Waals surface area contributed by atoms with Crippen LogP contribution in [0, 0.1) is 0 Å². The van der Waals surface area contributed by atoms with E-state index in [1.807, 2.05) is 18.7 Å². The Hall–Kier alpha value is -2.31. The van der Waals surface area contributed by atoms with Gasteiger partial charge < -0.3 is 19.7 Å². The molecule has 3 aliphatic rings. The molecule has 0 aromatic carbocycles. The molecule has 0 aromatic rings. The number of methoxy groups -OCH3 is 1. The fourth-order valence-corrected chi connectivity index (χ4v) is 3.66. The summed E-state index contributed by atoms with van der Waals surface area (Å²) in [5, 5.41) is 3.17. The van der Waals surface area contributed by atoms with Crippen molar-refractivity contribution in [1.82, 2.24) is 10.2 Å². The van der Waals surface area contributed by atoms with Crippen LogP contribution in [-0.4, -0.2) is 48.6 Å². The van der Waals surface area contributed by atoms with Crippen LogP contribution >= 0.6 is 0 Å². The van der Waals surface area contributed by atoms with Gasteiger partial charge in [0.05, 0.1) is 42.6 Å². The van der Waals surface area contributed by atoms with Crippen LogP contribution < -0.4 is 5.32 Å². The van der Waals surface area contributed by atoms with Crippen molar-refractivity contribution in [2.45, 2.75) is 45.7 Å². The quantitative estimate of drug-likeness (QED) is 0.784. The third-order valence-electron chi connectivity index (χ3n) is 4.56. The smallest absolute Gasteiger partial charge is 0.337 e. The van der Waals surface area contributed by atoms with Crippen LogP contribution in [0.15, 0.2) is 27.5 Å². The number of aliphatic imine (C=N–C) groups is 1. The normalized spacial score (nSPS) is 25.7. The van der Waals surface area contributed by atoms with Crippen molar-refractivity contribution in [2.75, 3.05) is 13.7 Å². The minimum atomic E-state index is -0.344. The maximum Gasteiger partial charge on any atom is 0.337 e. The lowest BCUT2D eigenvalue weighted by Gasteiger charge is -2.41. The van der Waals surface area contributed by atoms with E-state index >= 15 is 0 Å². The van der Waals surface area contributed by atoms with Gasteiger partial charge in [-0.05, 0) is 33.6 Å². The molecule has 0 bridgehead atoms. The zero-order valence-electron chi connectivity index (χ0n) is 13.8. The van der Waals surface area contributed by atoms with Gasteiger partial charge in [0.1, 0.15) is 0 Å². The van der Waals surface area contributed by atoms with Crippen molar-refractivity contribution < 1.29 is 19.1 Å². The van der Waals surface area contributed by atoms with Crippen LogP contribution in [0.3, 0.4) is 0 Å². The van der Waals surface area contributed by atoms with Crippen LogP contribution in [0.1, 0.15) is 33.6 Å². The fourth-order valence-electron chi connectivity index (χ4n) is 3.66. The van der Waals surface area contributed by atoms with Crippen molar-refractivity contribution >= 4 is 17.9 Å². The Kier molecular flexibility index (Phi) is 3.87. The van der Waals surface area contributed by atoms with Crippen LogP contribution in [0.2, 0.25) is 0 Å². The number of guanidine groups is 1. The van der Waals surface area contributed by atoms with Gasteiger partial charge in [0.15, 0.2) is 0 Å². The van der Waals surface area contributed by atoms with Gasteiger partial charge in [0.25, 0.3) is 0 Å². The summed E-state index contributed by atoms with van der Waals surface area (Å²) in [6.07, 6.45) is 1.54. The van der Waals surface area contributed by atoms with Crippen molar-refractivity contribution in [1.29, 1.82) is 0 Å². The van der Waals surface area contributed by atoms with Gasteiger partial charge in [-0.2, -0.15) is 0 Å². The summed E-state index contributed by atoms with van der Waals surface area (Å²) >= 11 is 0. The van der Waals surface area contributed by atoms with E-state index in [0.29, 0.717) is 29.4 Å². The summed E-state index contributed by atoms with van der Waals surface area (Å²) in [6.45, 7) is 5.78. The van der Waals surface area contributed by atoms with Crippen molar-refractivity contribution in [3.05, 3.63) is 22.5 Å². The van der Waals surface area contributed by atoms with E-state index in [-0.39, 0.29) is 24.0 Å². The number of carbonyl (C=O) groups excluding carboxylic acids is 2.